The summed E-state index contributed by atoms with van der Waals surface area (Å²) in [6.45, 7) is 4.21. The van der Waals surface area contributed by atoms with Crippen LogP contribution in [0.2, 0.25) is 0 Å². The summed E-state index contributed by atoms with van der Waals surface area (Å²) in [7, 11) is 0. The molecule has 7 nitrogen and oxygen atoms in total. The van der Waals surface area contributed by atoms with Gasteiger partial charge in [0, 0.05) is 12.2 Å². The van der Waals surface area contributed by atoms with Gasteiger partial charge in [-0.3, -0.25) is 9.89 Å². The fourth-order valence-electron chi connectivity index (χ4n) is 2.97. The fourth-order valence-corrected chi connectivity index (χ4v) is 2.97. The van der Waals surface area contributed by atoms with Crippen LogP contribution in [-0.2, 0) is 13.0 Å². The number of nitrogens with zero attached hydrogens (tertiary/aromatic N) is 1. The molecule has 1 aromatic heterocycles. The molecule has 0 aliphatic carbocycles. The maximum absolute atomic E-state index is 13.1. The Morgan fingerprint density at radius 2 is 2.00 bits per heavy atom. The lowest BCUT2D eigenvalue weighted by atomic mass is 10.0. The first-order valence-electron chi connectivity index (χ1n) is 8.85. The van der Waals surface area contributed by atoms with Crippen LogP contribution in [0.3, 0.4) is 0 Å². The quantitative estimate of drug-likeness (QED) is 0.428. The molecule has 3 rings (SSSR count). The van der Waals surface area contributed by atoms with E-state index in [0.717, 1.165) is 16.7 Å². The number of H-pyrrole nitrogens is 1. The Balaban J connectivity index is 1.81. The van der Waals surface area contributed by atoms with Gasteiger partial charge in [-0.2, -0.15) is 5.10 Å². The molecule has 0 saturated carbocycles. The number of aromatic hydroxyl groups is 1. The van der Waals surface area contributed by atoms with Gasteiger partial charge >= 0.3 is 0 Å². The van der Waals surface area contributed by atoms with Gasteiger partial charge in [-0.25, -0.2) is 4.39 Å². The Bertz CT molecular complexity index is 999. The molecule has 1 heterocycles. The summed E-state index contributed by atoms with van der Waals surface area (Å²) < 4.78 is 13.1. The molecule has 6 N–H and O–H groups in total. The van der Waals surface area contributed by atoms with E-state index in [1.165, 1.54) is 12.1 Å². The average molecular weight is 383 g/mol. The summed E-state index contributed by atoms with van der Waals surface area (Å²) in [6.07, 6.45) is 0.710. The number of nitrogens with two attached hydrogens (primary N) is 1. The van der Waals surface area contributed by atoms with Gasteiger partial charge in [0.1, 0.15) is 22.9 Å². The van der Waals surface area contributed by atoms with Gasteiger partial charge in [-0.05, 0) is 54.3 Å². The number of carbonyl (C=O) groups is 1. The highest BCUT2D eigenvalue weighted by molar-refractivity contribution is 6.03. The van der Waals surface area contributed by atoms with Crippen molar-refractivity contribution in [3.8, 4) is 5.75 Å². The monoisotopic (exact) mass is 383 g/mol. The highest BCUT2D eigenvalue weighted by atomic mass is 19.1. The Hall–Kier alpha value is -3.55. The van der Waals surface area contributed by atoms with Crippen molar-refractivity contribution in [2.45, 2.75) is 26.8 Å². The molecule has 0 atom stereocenters. The van der Waals surface area contributed by atoms with Crippen molar-refractivity contribution in [3.05, 3.63) is 64.5 Å². The van der Waals surface area contributed by atoms with Crippen molar-refractivity contribution < 1.29 is 14.3 Å². The van der Waals surface area contributed by atoms with Gasteiger partial charge in [0.05, 0.1) is 0 Å². The topological polar surface area (TPSA) is 116 Å². The third-order valence-electron chi connectivity index (χ3n) is 4.41. The SMILES string of the molecule is CCc1cc(CNc2n[nH]c(Nc3ccc(F)cc3)c2C(N)=O)cc(C)c1O. The first-order chi connectivity index (χ1) is 13.4. The van der Waals surface area contributed by atoms with Crippen LogP contribution < -0.4 is 16.4 Å². The first-order valence-corrected chi connectivity index (χ1v) is 8.85. The second-order valence-electron chi connectivity index (χ2n) is 6.45. The number of primary amides is 1. The maximum atomic E-state index is 13.1. The van der Waals surface area contributed by atoms with Gasteiger partial charge < -0.3 is 21.5 Å². The minimum absolute atomic E-state index is 0.176. The standard InChI is InChI=1S/C20H22FN5O2/c1-3-13-9-12(8-11(2)17(13)27)10-23-19-16(18(22)28)20(26-25-19)24-15-6-4-14(21)5-7-15/h4-9,27H,3,10H2,1-2H3,(H2,22,28)(H3,23,24,25,26). The summed E-state index contributed by atoms with van der Waals surface area (Å²) in [5, 5.41) is 23.0. The predicted octanol–water partition coefficient (Wildman–Crippen LogP) is 3.58. The molecule has 0 saturated heterocycles. The number of benzene rings is 2. The lowest BCUT2D eigenvalue weighted by Crippen LogP contribution is -2.15. The number of aromatic amines is 1. The van der Waals surface area contributed by atoms with E-state index in [1.54, 1.807) is 12.1 Å². The van der Waals surface area contributed by atoms with Crippen LogP contribution in [0.15, 0.2) is 36.4 Å². The van der Waals surface area contributed by atoms with Crippen molar-refractivity contribution in [2.24, 2.45) is 5.73 Å². The van der Waals surface area contributed by atoms with Gasteiger partial charge in [0.15, 0.2) is 5.82 Å². The second-order valence-corrected chi connectivity index (χ2v) is 6.45. The third kappa shape index (κ3) is 4.06. The van der Waals surface area contributed by atoms with Crippen LogP contribution in [0.1, 0.15) is 34.0 Å². The molecule has 1 amide bonds. The van der Waals surface area contributed by atoms with Gasteiger partial charge in [0.2, 0.25) is 0 Å². The number of carbonyl (C=O) groups excluding carboxylic acids is 1. The molecular formula is C20H22FN5O2. The number of hydrogen-bond donors (Lipinski definition) is 5. The summed E-state index contributed by atoms with van der Waals surface area (Å²) in [5.74, 6) is -0.0893. The van der Waals surface area contributed by atoms with E-state index in [2.05, 4.69) is 20.8 Å². The largest absolute Gasteiger partial charge is 0.507 e. The number of aryl methyl sites for hydroxylation is 2. The Morgan fingerprint density at radius 3 is 2.64 bits per heavy atom. The molecule has 2 aromatic carbocycles. The molecule has 0 unspecified atom stereocenters. The number of hydrogen-bond acceptors (Lipinski definition) is 5. The summed E-state index contributed by atoms with van der Waals surface area (Å²) in [5.41, 5.74) is 8.87. The van der Waals surface area contributed by atoms with Crippen LogP contribution in [0.25, 0.3) is 0 Å². The minimum Gasteiger partial charge on any atom is -0.507 e. The summed E-state index contributed by atoms with van der Waals surface area (Å²) in [6, 6.07) is 9.47. The smallest absolute Gasteiger partial charge is 0.256 e. The van der Waals surface area contributed by atoms with E-state index in [4.69, 9.17) is 5.73 Å². The number of amides is 1. The number of phenolic OH excluding ortho intramolecular Hbond substituents is 1. The van der Waals surface area contributed by atoms with Crippen molar-refractivity contribution in [1.29, 1.82) is 0 Å². The number of nitrogens with one attached hydrogen (secondary N) is 3. The van der Waals surface area contributed by atoms with Crippen molar-refractivity contribution >= 4 is 23.2 Å². The molecular weight excluding hydrogens is 361 g/mol. The van der Waals surface area contributed by atoms with E-state index in [0.29, 0.717) is 36.0 Å². The molecule has 0 aliphatic rings. The number of anilines is 3. The molecule has 0 fully saturated rings. The molecule has 28 heavy (non-hydrogen) atoms. The summed E-state index contributed by atoms with van der Waals surface area (Å²) >= 11 is 0. The number of rotatable bonds is 7. The third-order valence-corrected chi connectivity index (χ3v) is 4.41. The van der Waals surface area contributed by atoms with Crippen molar-refractivity contribution in [1.82, 2.24) is 10.2 Å². The number of aromatic nitrogens is 2. The Labute approximate surface area is 161 Å². The van der Waals surface area contributed by atoms with E-state index < -0.39 is 5.91 Å². The lowest BCUT2D eigenvalue weighted by Gasteiger charge is -2.11. The molecule has 0 spiro atoms. The van der Waals surface area contributed by atoms with Crippen LogP contribution >= 0.6 is 0 Å². The predicted molar refractivity (Wildman–Crippen MR) is 106 cm³/mol. The van der Waals surface area contributed by atoms with E-state index in [9.17, 15) is 14.3 Å². The lowest BCUT2D eigenvalue weighted by molar-refractivity contribution is 0.100. The van der Waals surface area contributed by atoms with E-state index in [1.807, 2.05) is 26.0 Å². The molecule has 8 heteroatoms. The van der Waals surface area contributed by atoms with Crippen LogP contribution in [0, 0.1) is 12.7 Å². The van der Waals surface area contributed by atoms with Crippen LogP contribution in [-0.4, -0.2) is 21.2 Å². The maximum Gasteiger partial charge on any atom is 0.256 e. The number of halogens is 1. The molecule has 0 bridgehead atoms. The molecule has 146 valence electrons. The Morgan fingerprint density at radius 1 is 1.29 bits per heavy atom. The number of phenols is 1. The van der Waals surface area contributed by atoms with Gasteiger partial charge in [-0.1, -0.05) is 19.1 Å². The highest BCUT2D eigenvalue weighted by Crippen LogP contribution is 2.27. The second kappa shape index (κ2) is 7.99. The normalized spacial score (nSPS) is 10.7. The van der Waals surface area contributed by atoms with Crippen molar-refractivity contribution in [3.63, 3.8) is 0 Å². The zero-order chi connectivity index (χ0) is 20.3. The summed E-state index contributed by atoms with van der Waals surface area (Å²) in [4.78, 5) is 11.9. The minimum atomic E-state index is -0.656. The zero-order valence-electron chi connectivity index (χ0n) is 15.6. The van der Waals surface area contributed by atoms with Gasteiger partial charge in [-0.15, -0.1) is 0 Å². The fraction of sp³-hybridized carbons (Fsp3) is 0.200. The molecule has 0 radical (unpaired) electrons. The van der Waals surface area contributed by atoms with Crippen LogP contribution in [0.4, 0.5) is 21.7 Å². The average Bonchev–Trinajstić information content (AvgIpc) is 3.07. The van der Waals surface area contributed by atoms with Crippen molar-refractivity contribution in [2.75, 3.05) is 10.6 Å². The van der Waals surface area contributed by atoms with Crippen LogP contribution in [0.5, 0.6) is 5.75 Å². The molecule has 0 aliphatic heterocycles. The molecule has 3 aromatic rings. The Kier molecular flexibility index (Phi) is 5.49. The zero-order valence-corrected chi connectivity index (χ0v) is 15.6. The van der Waals surface area contributed by atoms with E-state index >= 15 is 0 Å². The van der Waals surface area contributed by atoms with Gasteiger partial charge in [0.25, 0.3) is 5.91 Å². The highest BCUT2D eigenvalue weighted by Gasteiger charge is 2.19. The van der Waals surface area contributed by atoms with E-state index in [-0.39, 0.29) is 11.4 Å². The first kappa shape index (κ1) is 19.2.